The van der Waals surface area contributed by atoms with Crippen molar-refractivity contribution < 1.29 is 18.7 Å². The van der Waals surface area contributed by atoms with Crippen molar-refractivity contribution in [1.82, 2.24) is 0 Å². The molecular weight excluding hydrogens is 358 g/mol. The Morgan fingerprint density at radius 3 is 2.75 bits per heavy atom. The maximum absolute atomic E-state index is 14.8. The molecule has 148 valence electrons. The average molecular weight is 384 g/mol. The van der Waals surface area contributed by atoms with E-state index in [0.29, 0.717) is 30.7 Å². The zero-order valence-corrected chi connectivity index (χ0v) is 16.2. The molecule has 5 unspecified atom stereocenters. The highest BCUT2D eigenvalue weighted by Gasteiger charge is 2.56. The number of carbonyl (C=O) groups excluding carboxylic acids is 1. The molecule has 0 bridgehead atoms. The second-order valence-electron chi connectivity index (χ2n) is 9.34. The molecule has 0 amide bonds. The van der Waals surface area contributed by atoms with Gasteiger partial charge in [-0.2, -0.15) is 0 Å². The van der Waals surface area contributed by atoms with E-state index in [0.717, 1.165) is 37.3 Å². The van der Waals surface area contributed by atoms with Crippen LogP contribution in [0.15, 0.2) is 41.0 Å². The Morgan fingerprint density at radius 2 is 1.93 bits per heavy atom. The van der Waals surface area contributed by atoms with Crippen LogP contribution in [-0.4, -0.2) is 17.0 Å². The SMILES string of the molecule is CC12CC(c3cc(F)ccc3F)C3=C4CCC(=O)C=C4CCC3C1CCC2O. The Bertz CT molecular complexity index is 915. The van der Waals surface area contributed by atoms with Crippen LogP contribution >= 0.6 is 0 Å². The van der Waals surface area contributed by atoms with Gasteiger partial charge in [-0.1, -0.05) is 12.5 Å². The smallest absolute Gasteiger partial charge is 0.156 e. The summed E-state index contributed by atoms with van der Waals surface area (Å²) in [5.41, 5.74) is 3.68. The molecule has 1 aromatic carbocycles. The molecular formula is C24H26F2O2. The molecule has 1 N–H and O–H groups in total. The van der Waals surface area contributed by atoms with Gasteiger partial charge in [0, 0.05) is 12.3 Å². The lowest BCUT2D eigenvalue weighted by Crippen LogP contribution is -2.45. The molecule has 0 aromatic heterocycles. The number of hydrogen-bond acceptors (Lipinski definition) is 2. The van der Waals surface area contributed by atoms with Gasteiger partial charge in [0.2, 0.25) is 0 Å². The number of carbonyl (C=O) groups is 1. The van der Waals surface area contributed by atoms with Gasteiger partial charge < -0.3 is 5.11 Å². The minimum atomic E-state index is -0.428. The maximum atomic E-state index is 14.8. The first kappa shape index (κ1) is 18.2. The van der Waals surface area contributed by atoms with Crippen molar-refractivity contribution in [3.63, 3.8) is 0 Å². The molecule has 5 atom stereocenters. The number of fused-ring (bicyclic) bond motifs is 4. The van der Waals surface area contributed by atoms with Crippen LogP contribution < -0.4 is 0 Å². The molecule has 0 saturated heterocycles. The highest BCUT2D eigenvalue weighted by molar-refractivity contribution is 5.93. The van der Waals surface area contributed by atoms with Gasteiger partial charge in [0.25, 0.3) is 0 Å². The Balaban J connectivity index is 1.72. The van der Waals surface area contributed by atoms with E-state index in [1.54, 1.807) is 6.08 Å². The lowest BCUT2D eigenvalue weighted by Gasteiger charge is -2.52. The predicted octanol–water partition coefficient (Wildman–Crippen LogP) is 5.23. The Labute approximate surface area is 164 Å². The van der Waals surface area contributed by atoms with Gasteiger partial charge in [0.1, 0.15) is 11.6 Å². The van der Waals surface area contributed by atoms with Gasteiger partial charge in [-0.3, -0.25) is 4.79 Å². The highest BCUT2D eigenvalue weighted by Crippen LogP contribution is 2.63. The summed E-state index contributed by atoms with van der Waals surface area (Å²) >= 11 is 0. The first-order chi connectivity index (χ1) is 13.4. The summed E-state index contributed by atoms with van der Waals surface area (Å²) in [5, 5.41) is 10.8. The minimum absolute atomic E-state index is 0.170. The molecule has 2 fully saturated rings. The number of aliphatic hydroxyl groups excluding tert-OH is 1. The summed E-state index contributed by atoms with van der Waals surface area (Å²) in [6, 6.07) is 3.72. The number of rotatable bonds is 1. The summed E-state index contributed by atoms with van der Waals surface area (Å²) in [7, 11) is 0. The summed E-state index contributed by atoms with van der Waals surface area (Å²) in [4.78, 5) is 12.0. The quantitative estimate of drug-likeness (QED) is 0.720. The first-order valence-corrected chi connectivity index (χ1v) is 10.5. The van der Waals surface area contributed by atoms with Crippen LogP contribution in [0.2, 0.25) is 0 Å². The average Bonchev–Trinajstić information content (AvgIpc) is 2.97. The normalized spacial score (nSPS) is 37.3. The lowest BCUT2D eigenvalue weighted by molar-refractivity contribution is -0.114. The van der Waals surface area contributed by atoms with Gasteiger partial charge in [0.05, 0.1) is 6.10 Å². The van der Waals surface area contributed by atoms with E-state index in [2.05, 4.69) is 6.92 Å². The number of halogens is 2. The molecule has 0 heterocycles. The first-order valence-electron chi connectivity index (χ1n) is 10.5. The second kappa shape index (κ2) is 6.35. The van der Waals surface area contributed by atoms with E-state index >= 15 is 0 Å². The Morgan fingerprint density at radius 1 is 1.11 bits per heavy atom. The third-order valence-electron chi connectivity index (χ3n) is 8.01. The molecule has 4 heteroatoms. The van der Waals surface area contributed by atoms with Gasteiger partial charge in [-0.15, -0.1) is 0 Å². The number of benzene rings is 1. The van der Waals surface area contributed by atoms with E-state index < -0.39 is 11.9 Å². The Hall–Kier alpha value is -1.81. The van der Waals surface area contributed by atoms with Gasteiger partial charge in [0.15, 0.2) is 5.78 Å². The molecule has 28 heavy (non-hydrogen) atoms. The number of ketones is 1. The molecule has 4 aliphatic rings. The van der Waals surface area contributed by atoms with Crippen LogP contribution in [0.1, 0.15) is 63.4 Å². The van der Waals surface area contributed by atoms with Crippen LogP contribution in [-0.2, 0) is 4.79 Å². The lowest BCUT2D eigenvalue weighted by atomic mass is 9.53. The standard InChI is InChI=1S/C24H26F2O2/c1-24-12-19(18-11-14(25)3-8-21(18)26)23-16-6-4-15(27)10-13(16)2-5-17(23)20(24)7-9-22(24)28/h3,8,10-11,17,19-20,22,28H,2,4-7,9,12H2,1H3. The molecule has 0 spiro atoms. The number of allylic oxidation sites excluding steroid dienone is 4. The van der Waals surface area contributed by atoms with E-state index in [1.165, 1.54) is 23.3 Å². The van der Waals surface area contributed by atoms with E-state index in [-0.39, 0.29) is 28.9 Å². The van der Waals surface area contributed by atoms with Crippen molar-refractivity contribution in [2.75, 3.05) is 0 Å². The summed E-state index contributed by atoms with van der Waals surface area (Å²) < 4.78 is 28.9. The van der Waals surface area contributed by atoms with Crippen molar-refractivity contribution >= 4 is 5.78 Å². The minimum Gasteiger partial charge on any atom is -0.393 e. The number of aliphatic hydroxyl groups is 1. The van der Waals surface area contributed by atoms with Gasteiger partial charge >= 0.3 is 0 Å². The van der Waals surface area contributed by atoms with Crippen molar-refractivity contribution in [2.45, 2.75) is 63.9 Å². The fourth-order valence-corrected chi connectivity index (χ4v) is 6.69. The topological polar surface area (TPSA) is 37.3 Å². The monoisotopic (exact) mass is 384 g/mol. The predicted molar refractivity (Wildman–Crippen MR) is 103 cm³/mol. The highest BCUT2D eigenvalue weighted by atomic mass is 19.1. The summed E-state index contributed by atoms with van der Waals surface area (Å²) in [6.07, 6.45) is 6.78. The molecule has 0 aliphatic heterocycles. The van der Waals surface area contributed by atoms with Crippen LogP contribution in [0.4, 0.5) is 8.78 Å². The van der Waals surface area contributed by atoms with Gasteiger partial charge in [-0.05, 0) is 96.8 Å². The van der Waals surface area contributed by atoms with Gasteiger partial charge in [-0.25, -0.2) is 8.78 Å². The van der Waals surface area contributed by atoms with Crippen molar-refractivity contribution in [2.24, 2.45) is 17.3 Å². The molecule has 2 saturated carbocycles. The molecule has 2 nitrogen and oxygen atoms in total. The third kappa shape index (κ3) is 2.57. The molecule has 1 aromatic rings. The van der Waals surface area contributed by atoms with Crippen molar-refractivity contribution in [3.8, 4) is 0 Å². The zero-order valence-electron chi connectivity index (χ0n) is 16.2. The third-order valence-corrected chi connectivity index (χ3v) is 8.01. The molecule has 5 rings (SSSR count). The van der Waals surface area contributed by atoms with Crippen molar-refractivity contribution in [1.29, 1.82) is 0 Å². The molecule has 0 radical (unpaired) electrons. The van der Waals surface area contributed by atoms with Crippen LogP contribution in [0.5, 0.6) is 0 Å². The Kier molecular flexibility index (Phi) is 4.13. The van der Waals surface area contributed by atoms with Crippen molar-refractivity contribution in [3.05, 3.63) is 58.2 Å². The summed E-state index contributed by atoms with van der Waals surface area (Å²) in [5.74, 6) is -0.218. The van der Waals surface area contributed by atoms with Crippen LogP contribution in [0.25, 0.3) is 0 Å². The number of hydrogen-bond donors (Lipinski definition) is 1. The molecule has 4 aliphatic carbocycles. The van der Waals surface area contributed by atoms with Crippen LogP contribution in [0.3, 0.4) is 0 Å². The van der Waals surface area contributed by atoms with E-state index in [1.807, 2.05) is 0 Å². The van der Waals surface area contributed by atoms with E-state index in [4.69, 9.17) is 0 Å². The maximum Gasteiger partial charge on any atom is 0.156 e. The van der Waals surface area contributed by atoms with E-state index in [9.17, 15) is 18.7 Å². The second-order valence-corrected chi connectivity index (χ2v) is 9.34. The summed E-state index contributed by atoms with van der Waals surface area (Å²) in [6.45, 7) is 2.14. The van der Waals surface area contributed by atoms with Crippen LogP contribution in [0, 0.1) is 28.9 Å². The largest absolute Gasteiger partial charge is 0.393 e. The fourth-order valence-electron chi connectivity index (χ4n) is 6.69. The fraction of sp³-hybridized carbons (Fsp3) is 0.542. The zero-order chi connectivity index (χ0) is 19.6.